The fourth-order valence-corrected chi connectivity index (χ4v) is 3.06. The van der Waals surface area contributed by atoms with E-state index >= 15 is 0 Å². The molecular weight excluding hydrogens is 304 g/mol. The molecule has 124 valence electrons. The molecule has 5 nitrogen and oxygen atoms in total. The molecular formula is C19H20N2O3. The number of carbonyl (C=O) groups is 2. The lowest BCUT2D eigenvalue weighted by molar-refractivity contribution is -0.117. The van der Waals surface area contributed by atoms with E-state index in [1.54, 1.807) is 24.3 Å². The summed E-state index contributed by atoms with van der Waals surface area (Å²) in [7, 11) is 1.53. The molecule has 1 aliphatic heterocycles. The molecule has 1 aliphatic rings. The van der Waals surface area contributed by atoms with Crippen LogP contribution in [0.3, 0.4) is 0 Å². The number of fused-ring (bicyclic) bond motifs is 1. The minimum atomic E-state index is -0.245. The molecule has 2 aromatic carbocycles. The second kappa shape index (κ2) is 6.35. The summed E-state index contributed by atoms with van der Waals surface area (Å²) in [5.74, 6) is 0.279. The molecule has 0 aromatic heterocycles. The van der Waals surface area contributed by atoms with Crippen molar-refractivity contribution in [3.63, 3.8) is 0 Å². The van der Waals surface area contributed by atoms with E-state index in [4.69, 9.17) is 4.74 Å². The quantitative estimate of drug-likeness (QED) is 0.902. The van der Waals surface area contributed by atoms with Crippen molar-refractivity contribution in [2.45, 2.75) is 19.8 Å². The van der Waals surface area contributed by atoms with Gasteiger partial charge in [-0.25, -0.2) is 0 Å². The summed E-state index contributed by atoms with van der Waals surface area (Å²) < 4.78 is 5.23. The van der Waals surface area contributed by atoms with E-state index in [1.807, 2.05) is 32.0 Å². The van der Waals surface area contributed by atoms with Gasteiger partial charge in [-0.3, -0.25) is 9.59 Å². The van der Waals surface area contributed by atoms with Gasteiger partial charge in [0, 0.05) is 11.4 Å². The molecule has 2 aromatic rings. The summed E-state index contributed by atoms with van der Waals surface area (Å²) in [5.41, 5.74) is 2.86. The zero-order valence-corrected chi connectivity index (χ0v) is 13.9. The number of ether oxygens (including phenoxy) is 1. The Morgan fingerprint density at radius 1 is 1.21 bits per heavy atom. The zero-order chi connectivity index (χ0) is 17.3. The van der Waals surface area contributed by atoms with Crippen LogP contribution in [0.5, 0.6) is 5.75 Å². The van der Waals surface area contributed by atoms with E-state index in [9.17, 15) is 9.59 Å². The molecule has 0 aliphatic carbocycles. The highest BCUT2D eigenvalue weighted by atomic mass is 16.5. The number of nitrogens with one attached hydrogen (secondary N) is 2. The maximum atomic E-state index is 12.5. The van der Waals surface area contributed by atoms with Crippen molar-refractivity contribution in [1.82, 2.24) is 0 Å². The molecule has 0 saturated heterocycles. The number of methoxy groups -OCH3 is 1. The normalized spacial score (nSPS) is 15.8. The number of para-hydroxylation sites is 1. The Bertz CT molecular complexity index is 799. The van der Waals surface area contributed by atoms with Gasteiger partial charge in [0.15, 0.2) is 0 Å². The lowest BCUT2D eigenvalue weighted by atomic mass is 9.89. The highest BCUT2D eigenvalue weighted by Crippen LogP contribution is 2.38. The van der Waals surface area contributed by atoms with Crippen LogP contribution >= 0.6 is 0 Å². The predicted octanol–water partition coefficient (Wildman–Crippen LogP) is 3.64. The third kappa shape index (κ3) is 2.85. The first-order chi connectivity index (χ1) is 11.5. The van der Waals surface area contributed by atoms with Crippen molar-refractivity contribution < 1.29 is 14.3 Å². The SMILES string of the molecule is COc1ccccc1C(=O)Nc1ccc2c(c1)C(C(C)C)C(=O)N2. The molecule has 5 heteroatoms. The molecule has 2 N–H and O–H groups in total. The Labute approximate surface area is 141 Å². The average molecular weight is 324 g/mol. The number of hydrogen-bond donors (Lipinski definition) is 2. The van der Waals surface area contributed by atoms with Gasteiger partial charge in [-0.15, -0.1) is 0 Å². The van der Waals surface area contributed by atoms with Crippen LogP contribution < -0.4 is 15.4 Å². The largest absolute Gasteiger partial charge is 0.496 e. The van der Waals surface area contributed by atoms with Crippen LogP contribution in [0.4, 0.5) is 11.4 Å². The number of carbonyl (C=O) groups excluding carboxylic acids is 2. The van der Waals surface area contributed by atoms with Crippen LogP contribution in [0.2, 0.25) is 0 Å². The van der Waals surface area contributed by atoms with Gasteiger partial charge in [0.25, 0.3) is 5.91 Å². The Hall–Kier alpha value is -2.82. The lowest BCUT2D eigenvalue weighted by Gasteiger charge is -2.14. The van der Waals surface area contributed by atoms with E-state index in [1.165, 1.54) is 7.11 Å². The van der Waals surface area contributed by atoms with Crippen LogP contribution in [0.15, 0.2) is 42.5 Å². The van der Waals surface area contributed by atoms with Gasteiger partial charge in [0.2, 0.25) is 5.91 Å². The van der Waals surface area contributed by atoms with Crippen LogP contribution in [0.1, 0.15) is 35.7 Å². The topological polar surface area (TPSA) is 67.4 Å². The van der Waals surface area contributed by atoms with E-state index in [2.05, 4.69) is 10.6 Å². The minimum Gasteiger partial charge on any atom is -0.496 e. The molecule has 0 spiro atoms. The summed E-state index contributed by atoms with van der Waals surface area (Å²) in [6, 6.07) is 12.5. The number of benzene rings is 2. The number of anilines is 2. The second-order valence-electron chi connectivity index (χ2n) is 6.17. The highest BCUT2D eigenvalue weighted by Gasteiger charge is 2.33. The van der Waals surface area contributed by atoms with E-state index < -0.39 is 0 Å². The molecule has 0 radical (unpaired) electrons. The molecule has 0 bridgehead atoms. The van der Waals surface area contributed by atoms with Crippen LogP contribution in [-0.4, -0.2) is 18.9 Å². The van der Waals surface area contributed by atoms with E-state index in [-0.39, 0.29) is 23.7 Å². The third-order valence-corrected chi connectivity index (χ3v) is 4.20. The maximum absolute atomic E-state index is 12.5. The van der Waals surface area contributed by atoms with Gasteiger partial charge < -0.3 is 15.4 Å². The van der Waals surface area contributed by atoms with Gasteiger partial charge in [-0.2, -0.15) is 0 Å². The summed E-state index contributed by atoms with van der Waals surface area (Å²) >= 11 is 0. The molecule has 1 heterocycles. The molecule has 1 unspecified atom stereocenters. The van der Waals surface area contributed by atoms with Crippen molar-refractivity contribution in [2.75, 3.05) is 17.7 Å². The standard InChI is InChI=1S/C19H20N2O3/c1-11(2)17-14-10-12(8-9-15(14)21-19(17)23)20-18(22)13-6-4-5-7-16(13)24-3/h4-11,17H,1-3H3,(H,20,22)(H,21,23). The lowest BCUT2D eigenvalue weighted by Crippen LogP contribution is -2.17. The van der Waals surface area contributed by atoms with Crippen molar-refractivity contribution >= 4 is 23.2 Å². The first kappa shape index (κ1) is 16.1. The van der Waals surface area contributed by atoms with Crippen molar-refractivity contribution in [2.24, 2.45) is 5.92 Å². The van der Waals surface area contributed by atoms with E-state index in [0.29, 0.717) is 17.0 Å². The number of rotatable bonds is 4. The summed E-state index contributed by atoms with van der Waals surface area (Å²) in [5, 5.41) is 5.77. The fraction of sp³-hybridized carbons (Fsp3) is 0.263. The Kier molecular flexibility index (Phi) is 4.25. The molecule has 2 amide bonds. The Morgan fingerprint density at radius 2 is 1.96 bits per heavy atom. The average Bonchev–Trinajstić information content (AvgIpc) is 2.90. The predicted molar refractivity (Wildman–Crippen MR) is 93.6 cm³/mol. The van der Waals surface area contributed by atoms with Gasteiger partial charge in [0.05, 0.1) is 18.6 Å². The summed E-state index contributed by atoms with van der Waals surface area (Å²) in [6.45, 7) is 4.03. The van der Waals surface area contributed by atoms with Gasteiger partial charge in [-0.05, 0) is 41.8 Å². The molecule has 3 rings (SSSR count). The van der Waals surface area contributed by atoms with Gasteiger partial charge >= 0.3 is 0 Å². The summed E-state index contributed by atoms with van der Waals surface area (Å²) in [6.07, 6.45) is 0. The Balaban J connectivity index is 1.87. The monoisotopic (exact) mass is 324 g/mol. The molecule has 0 fully saturated rings. The van der Waals surface area contributed by atoms with Gasteiger partial charge in [0.1, 0.15) is 5.75 Å². The minimum absolute atomic E-state index is 0.00760. The third-order valence-electron chi connectivity index (χ3n) is 4.20. The van der Waals surface area contributed by atoms with Crippen LogP contribution in [0, 0.1) is 5.92 Å². The summed E-state index contributed by atoms with van der Waals surface area (Å²) in [4.78, 5) is 24.6. The van der Waals surface area contributed by atoms with Gasteiger partial charge in [-0.1, -0.05) is 26.0 Å². The number of amides is 2. The smallest absolute Gasteiger partial charge is 0.259 e. The van der Waals surface area contributed by atoms with Crippen molar-refractivity contribution in [1.29, 1.82) is 0 Å². The fourth-order valence-electron chi connectivity index (χ4n) is 3.06. The van der Waals surface area contributed by atoms with Crippen molar-refractivity contribution in [3.8, 4) is 5.75 Å². The van der Waals surface area contributed by atoms with Crippen LogP contribution in [0.25, 0.3) is 0 Å². The van der Waals surface area contributed by atoms with Crippen molar-refractivity contribution in [3.05, 3.63) is 53.6 Å². The molecule has 1 atom stereocenters. The zero-order valence-electron chi connectivity index (χ0n) is 13.9. The molecule has 24 heavy (non-hydrogen) atoms. The Morgan fingerprint density at radius 3 is 2.67 bits per heavy atom. The van der Waals surface area contributed by atoms with E-state index in [0.717, 1.165) is 11.3 Å². The first-order valence-corrected chi connectivity index (χ1v) is 7.90. The van der Waals surface area contributed by atoms with Crippen LogP contribution in [-0.2, 0) is 4.79 Å². The number of hydrogen-bond acceptors (Lipinski definition) is 3. The maximum Gasteiger partial charge on any atom is 0.259 e. The first-order valence-electron chi connectivity index (χ1n) is 7.90. The highest BCUT2D eigenvalue weighted by molar-refractivity contribution is 6.07. The second-order valence-corrected chi connectivity index (χ2v) is 6.17. The molecule has 0 saturated carbocycles.